The Balaban J connectivity index is 1.67. The zero-order valence-corrected chi connectivity index (χ0v) is 17.5. The number of nitrogens with zero attached hydrogens (tertiary/aromatic N) is 1. The maximum absolute atomic E-state index is 8.14. The number of anilines is 1. The first-order valence-electron chi connectivity index (χ1n) is 8.22. The van der Waals surface area contributed by atoms with Crippen molar-refractivity contribution in [3.63, 3.8) is 0 Å². The Kier molecular flexibility index (Phi) is 6.61. The van der Waals surface area contributed by atoms with E-state index < -0.39 is 0 Å². The Bertz CT molecular complexity index is 972. The van der Waals surface area contributed by atoms with Gasteiger partial charge in [0.1, 0.15) is 11.5 Å². The molecule has 0 spiro atoms. The van der Waals surface area contributed by atoms with Crippen molar-refractivity contribution in [3.05, 3.63) is 57.4 Å². The van der Waals surface area contributed by atoms with Gasteiger partial charge in [-0.15, -0.1) is 11.3 Å². The number of ether oxygens (including phenoxy) is 2. The van der Waals surface area contributed by atoms with Gasteiger partial charge in [0.25, 0.3) is 0 Å². The number of thiazole rings is 1. The minimum Gasteiger partial charge on any atom is -0.496 e. The Morgan fingerprint density at radius 1 is 1.14 bits per heavy atom. The van der Waals surface area contributed by atoms with Crippen LogP contribution in [-0.2, 0) is 6.54 Å². The van der Waals surface area contributed by atoms with Crippen LogP contribution in [0, 0.1) is 5.41 Å². The predicted octanol–water partition coefficient (Wildman–Crippen LogP) is 5.27. The fourth-order valence-corrected chi connectivity index (χ4v) is 3.68. The number of benzene rings is 2. The van der Waals surface area contributed by atoms with Crippen molar-refractivity contribution in [2.24, 2.45) is 0 Å². The molecule has 0 radical (unpaired) electrons. The van der Waals surface area contributed by atoms with Crippen LogP contribution in [0.25, 0.3) is 11.3 Å². The number of nitrogens with one attached hydrogen (secondary N) is 3. The summed E-state index contributed by atoms with van der Waals surface area (Å²) in [5, 5.41) is 17.6. The molecule has 1 heterocycles. The molecule has 0 saturated carbocycles. The summed E-state index contributed by atoms with van der Waals surface area (Å²) in [6.45, 7) is 0.359. The van der Waals surface area contributed by atoms with Crippen LogP contribution in [0.3, 0.4) is 0 Å². The number of halogens is 2. The standard InChI is InChI=1S/C19H18Cl2N4O2S/c1-26-16-4-3-5-17(27-2)13(16)9-23-18(22)25-19-24-15(10-28-19)12-8-11(20)6-7-14(12)21/h3-8,10H,9H2,1-2H3,(H3,22,23,24,25). The van der Waals surface area contributed by atoms with Crippen molar-refractivity contribution < 1.29 is 9.47 Å². The molecular formula is C19H18Cl2N4O2S. The molecular weight excluding hydrogens is 419 g/mol. The quantitative estimate of drug-likeness (QED) is 0.362. The van der Waals surface area contributed by atoms with Gasteiger partial charge in [-0.25, -0.2) is 4.98 Å². The van der Waals surface area contributed by atoms with Gasteiger partial charge in [0.05, 0.1) is 37.0 Å². The van der Waals surface area contributed by atoms with E-state index in [0.717, 1.165) is 11.1 Å². The molecule has 3 aromatic rings. The maximum Gasteiger partial charge on any atom is 0.195 e. The summed E-state index contributed by atoms with van der Waals surface area (Å²) >= 11 is 13.6. The van der Waals surface area contributed by atoms with Crippen LogP contribution in [0.1, 0.15) is 5.56 Å². The summed E-state index contributed by atoms with van der Waals surface area (Å²) in [4.78, 5) is 4.48. The van der Waals surface area contributed by atoms with Crippen LogP contribution in [0.15, 0.2) is 41.8 Å². The molecule has 0 amide bonds. The van der Waals surface area contributed by atoms with Gasteiger partial charge in [-0.1, -0.05) is 29.3 Å². The molecule has 146 valence electrons. The van der Waals surface area contributed by atoms with E-state index in [4.69, 9.17) is 38.1 Å². The topological polar surface area (TPSA) is 79.3 Å². The molecule has 0 bridgehead atoms. The molecule has 0 aliphatic carbocycles. The van der Waals surface area contributed by atoms with Crippen LogP contribution in [0.4, 0.5) is 5.13 Å². The molecule has 0 aliphatic rings. The van der Waals surface area contributed by atoms with Crippen LogP contribution in [0.2, 0.25) is 10.0 Å². The Hall–Kier alpha value is -2.48. The van der Waals surface area contributed by atoms with Crippen molar-refractivity contribution in [3.8, 4) is 22.8 Å². The zero-order chi connectivity index (χ0) is 20.1. The van der Waals surface area contributed by atoms with Crippen LogP contribution < -0.4 is 20.1 Å². The van der Waals surface area contributed by atoms with E-state index >= 15 is 0 Å². The van der Waals surface area contributed by atoms with E-state index in [2.05, 4.69) is 15.6 Å². The summed E-state index contributed by atoms with van der Waals surface area (Å²) in [5.74, 6) is 1.48. The largest absolute Gasteiger partial charge is 0.496 e. The molecule has 28 heavy (non-hydrogen) atoms. The van der Waals surface area contributed by atoms with Crippen LogP contribution >= 0.6 is 34.5 Å². The van der Waals surface area contributed by atoms with Crippen molar-refractivity contribution in [2.45, 2.75) is 6.54 Å². The van der Waals surface area contributed by atoms with Crippen LogP contribution in [-0.4, -0.2) is 25.2 Å². The van der Waals surface area contributed by atoms with E-state index in [1.54, 1.807) is 32.4 Å². The second-order valence-corrected chi connectivity index (χ2v) is 7.36. The first-order valence-corrected chi connectivity index (χ1v) is 9.85. The lowest BCUT2D eigenvalue weighted by Crippen LogP contribution is -2.29. The Labute approximate surface area is 176 Å². The van der Waals surface area contributed by atoms with E-state index in [9.17, 15) is 0 Å². The molecule has 3 rings (SSSR count). The highest BCUT2D eigenvalue weighted by atomic mass is 35.5. The van der Waals surface area contributed by atoms with Gasteiger partial charge in [-0.05, 0) is 30.3 Å². The number of guanidine groups is 1. The smallest absolute Gasteiger partial charge is 0.195 e. The molecule has 0 saturated heterocycles. The first kappa shape index (κ1) is 20.3. The molecule has 0 atom stereocenters. The minimum absolute atomic E-state index is 0.103. The average Bonchev–Trinajstić information content (AvgIpc) is 3.15. The van der Waals surface area contributed by atoms with E-state index in [1.807, 2.05) is 23.6 Å². The lowest BCUT2D eigenvalue weighted by molar-refractivity contribution is 0.384. The first-order chi connectivity index (χ1) is 13.5. The second kappa shape index (κ2) is 9.14. The Morgan fingerprint density at radius 2 is 1.86 bits per heavy atom. The fraction of sp³-hybridized carbons (Fsp3) is 0.158. The lowest BCUT2D eigenvalue weighted by Gasteiger charge is -2.14. The second-order valence-electron chi connectivity index (χ2n) is 5.66. The highest BCUT2D eigenvalue weighted by molar-refractivity contribution is 7.14. The monoisotopic (exact) mass is 436 g/mol. The third kappa shape index (κ3) is 4.67. The third-order valence-electron chi connectivity index (χ3n) is 3.91. The summed E-state index contributed by atoms with van der Waals surface area (Å²) in [5.41, 5.74) is 2.26. The van der Waals surface area contributed by atoms with Gasteiger partial charge in [0.2, 0.25) is 0 Å². The highest BCUT2D eigenvalue weighted by Gasteiger charge is 2.12. The number of aromatic nitrogens is 1. The fourth-order valence-electron chi connectivity index (χ4n) is 2.58. The zero-order valence-electron chi connectivity index (χ0n) is 15.2. The molecule has 6 nitrogen and oxygen atoms in total. The molecule has 3 N–H and O–H groups in total. The highest BCUT2D eigenvalue weighted by Crippen LogP contribution is 2.32. The summed E-state index contributed by atoms with van der Waals surface area (Å²) in [6.07, 6.45) is 0. The molecule has 2 aromatic carbocycles. The van der Waals surface area contributed by atoms with Gasteiger partial charge < -0.3 is 20.1 Å². The molecule has 0 fully saturated rings. The molecule has 0 aliphatic heterocycles. The molecule has 9 heteroatoms. The minimum atomic E-state index is 0.103. The molecule has 1 aromatic heterocycles. The van der Waals surface area contributed by atoms with Crippen molar-refractivity contribution in [2.75, 3.05) is 19.5 Å². The molecule has 0 unspecified atom stereocenters. The van der Waals surface area contributed by atoms with Crippen molar-refractivity contribution >= 4 is 45.6 Å². The number of hydrogen-bond donors (Lipinski definition) is 3. The Morgan fingerprint density at radius 3 is 2.54 bits per heavy atom. The van der Waals surface area contributed by atoms with Gasteiger partial charge in [0.15, 0.2) is 11.1 Å². The van der Waals surface area contributed by atoms with E-state index in [-0.39, 0.29) is 5.96 Å². The van der Waals surface area contributed by atoms with Crippen molar-refractivity contribution in [1.29, 1.82) is 5.41 Å². The summed E-state index contributed by atoms with van der Waals surface area (Å²) < 4.78 is 10.7. The van der Waals surface area contributed by atoms with Crippen molar-refractivity contribution in [1.82, 2.24) is 10.3 Å². The van der Waals surface area contributed by atoms with Gasteiger partial charge >= 0.3 is 0 Å². The normalized spacial score (nSPS) is 10.4. The van der Waals surface area contributed by atoms with E-state index in [0.29, 0.717) is 38.9 Å². The maximum atomic E-state index is 8.14. The lowest BCUT2D eigenvalue weighted by atomic mass is 10.1. The predicted molar refractivity (Wildman–Crippen MR) is 115 cm³/mol. The van der Waals surface area contributed by atoms with E-state index in [1.165, 1.54) is 11.3 Å². The number of methoxy groups -OCH3 is 2. The SMILES string of the molecule is COc1cccc(OC)c1CNC(=N)Nc1nc(-c2cc(Cl)ccc2Cl)cs1. The number of hydrogen-bond acceptors (Lipinski definition) is 5. The third-order valence-corrected chi connectivity index (χ3v) is 5.23. The van der Waals surface area contributed by atoms with Gasteiger partial charge in [0, 0.05) is 16.0 Å². The average molecular weight is 437 g/mol. The van der Waals surface area contributed by atoms with Crippen LogP contribution in [0.5, 0.6) is 11.5 Å². The van der Waals surface area contributed by atoms with Gasteiger partial charge in [-0.2, -0.15) is 0 Å². The summed E-state index contributed by atoms with van der Waals surface area (Å²) in [7, 11) is 3.19. The number of rotatable bonds is 6. The summed E-state index contributed by atoms with van der Waals surface area (Å²) in [6, 6.07) is 10.8. The van der Waals surface area contributed by atoms with Gasteiger partial charge in [-0.3, -0.25) is 5.41 Å².